The number of hydrogen-bond donors (Lipinski definition) is 3. The highest BCUT2D eigenvalue weighted by molar-refractivity contribution is 6.00. The molecule has 0 radical (unpaired) electrons. The second-order valence-electron chi connectivity index (χ2n) is 20.4. The van der Waals surface area contributed by atoms with Crippen LogP contribution in [0.2, 0.25) is 0 Å². The fraction of sp³-hybridized carbons (Fsp3) is 0.756. The Morgan fingerprint density at radius 3 is 2.33 bits per heavy atom. The average molecular weight is 762 g/mol. The Bertz CT molecular complexity index is 1720. The number of hydrogen-bond acceptors (Lipinski definition) is 8. The van der Waals surface area contributed by atoms with Crippen molar-refractivity contribution in [1.29, 1.82) is 0 Å². The van der Waals surface area contributed by atoms with E-state index < -0.39 is 28.9 Å². The summed E-state index contributed by atoms with van der Waals surface area (Å²) in [5.74, 6) is -0.634. The van der Waals surface area contributed by atoms with Gasteiger partial charge in [-0.25, -0.2) is 0 Å². The van der Waals surface area contributed by atoms with Crippen LogP contribution in [0.15, 0.2) is 35.7 Å². The van der Waals surface area contributed by atoms with Crippen molar-refractivity contribution in [1.82, 2.24) is 9.88 Å². The van der Waals surface area contributed by atoms with Gasteiger partial charge in [-0.1, -0.05) is 60.1 Å². The van der Waals surface area contributed by atoms with Gasteiger partial charge in [0.1, 0.15) is 6.10 Å². The summed E-state index contributed by atoms with van der Waals surface area (Å²) in [6, 6.07) is 3.75. The Hall–Kier alpha value is -3.11. The van der Waals surface area contributed by atoms with Crippen LogP contribution in [0.3, 0.4) is 0 Å². The molecular weight excluding hydrogens is 695 g/mol. The van der Waals surface area contributed by atoms with Crippen LogP contribution >= 0.6 is 0 Å². The van der Waals surface area contributed by atoms with E-state index in [1.807, 2.05) is 12.1 Å². The molecule has 5 aliphatic rings. The van der Waals surface area contributed by atoms with Crippen molar-refractivity contribution in [2.45, 2.75) is 145 Å². The molecule has 4 fully saturated rings. The number of pyridine rings is 1. The first kappa shape index (κ1) is 41.5. The minimum absolute atomic E-state index is 0.0118. The lowest BCUT2D eigenvalue weighted by atomic mass is 9.33. The van der Waals surface area contributed by atoms with E-state index >= 15 is 0 Å². The average Bonchev–Trinajstić information content (AvgIpc) is 3.42. The van der Waals surface area contributed by atoms with E-state index in [9.17, 15) is 29.4 Å². The van der Waals surface area contributed by atoms with Crippen molar-refractivity contribution in [2.75, 3.05) is 13.1 Å². The topological polar surface area (TPSA) is 160 Å². The van der Waals surface area contributed by atoms with Gasteiger partial charge in [-0.15, -0.1) is 0 Å². The number of carbonyl (C=O) groups excluding carboxylic acids is 3. The monoisotopic (exact) mass is 761 g/mol. The number of carbonyl (C=O) groups is 4. The summed E-state index contributed by atoms with van der Waals surface area (Å²) in [6.45, 7) is 19.6. The Labute approximate surface area is 328 Å². The maximum atomic E-state index is 14.2. The van der Waals surface area contributed by atoms with Gasteiger partial charge in [-0.05, 0) is 122 Å². The van der Waals surface area contributed by atoms with E-state index in [0.717, 1.165) is 56.1 Å². The number of aliphatic hydroxyl groups is 1. The summed E-state index contributed by atoms with van der Waals surface area (Å²) in [5.41, 5.74) is 6.51. The number of ketones is 1. The van der Waals surface area contributed by atoms with Crippen LogP contribution < -0.4 is 5.73 Å². The third kappa shape index (κ3) is 6.59. The third-order valence-electron chi connectivity index (χ3n) is 16.5. The second kappa shape index (κ2) is 14.4. The molecular formula is C45H67N3O7. The molecule has 55 heavy (non-hydrogen) atoms. The third-order valence-corrected chi connectivity index (χ3v) is 16.5. The van der Waals surface area contributed by atoms with Crippen LogP contribution in [0.1, 0.15) is 132 Å². The molecule has 1 aromatic rings. The molecule has 0 aliphatic heterocycles. The molecule has 10 nitrogen and oxygen atoms in total. The van der Waals surface area contributed by atoms with E-state index in [0.29, 0.717) is 24.8 Å². The molecule has 4 saturated carbocycles. The van der Waals surface area contributed by atoms with Gasteiger partial charge < -0.3 is 25.6 Å². The maximum Gasteiger partial charge on any atom is 0.309 e. The molecule has 5 aliphatic carbocycles. The molecule has 0 bridgehead atoms. The van der Waals surface area contributed by atoms with Crippen molar-refractivity contribution >= 4 is 23.6 Å². The van der Waals surface area contributed by atoms with E-state index in [1.54, 1.807) is 31.1 Å². The van der Waals surface area contributed by atoms with E-state index in [4.69, 9.17) is 10.5 Å². The smallest absolute Gasteiger partial charge is 0.309 e. The minimum Gasteiger partial charge on any atom is -0.481 e. The number of ether oxygens (including phenoxy) is 1. The molecule has 1 aromatic heterocycles. The zero-order chi connectivity index (χ0) is 40.5. The number of aliphatic hydroxyl groups excluding tert-OH is 1. The first-order valence-electron chi connectivity index (χ1n) is 20.8. The lowest BCUT2D eigenvalue weighted by molar-refractivity contribution is -0.235. The first-order valence-corrected chi connectivity index (χ1v) is 20.8. The molecule has 0 spiro atoms. The van der Waals surface area contributed by atoms with Gasteiger partial charge >= 0.3 is 11.9 Å². The molecule has 0 unspecified atom stereocenters. The predicted molar refractivity (Wildman–Crippen MR) is 210 cm³/mol. The number of allylic oxidation sites excluding steroid dienone is 1. The van der Waals surface area contributed by atoms with Crippen molar-refractivity contribution in [3.8, 4) is 0 Å². The van der Waals surface area contributed by atoms with Crippen LogP contribution in [0.25, 0.3) is 0 Å². The van der Waals surface area contributed by atoms with Gasteiger partial charge in [0.2, 0.25) is 5.91 Å². The van der Waals surface area contributed by atoms with Crippen LogP contribution in [-0.4, -0.2) is 69.0 Å². The largest absolute Gasteiger partial charge is 0.481 e. The molecule has 0 saturated heterocycles. The zero-order valence-corrected chi connectivity index (χ0v) is 34.9. The number of rotatable bonds is 11. The van der Waals surface area contributed by atoms with Gasteiger partial charge in [0.15, 0.2) is 5.78 Å². The number of carboxylic acid groups (broad SMARTS) is 1. The number of nitrogens with zero attached hydrogens (tertiary/aromatic N) is 2. The number of fused-ring (bicyclic) bond motifs is 7. The number of Topliss-reactive ketones (excluding diaryl/α,β-unsaturated/α-hetero) is 1. The Morgan fingerprint density at radius 2 is 1.71 bits per heavy atom. The van der Waals surface area contributed by atoms with Gasteiger partial charge in [-0.3, -0.25) is 24.2 Å². The molecule has 304 valence electrons. The fourth-order valence-corrected chi connectivity index (χ4v) is 13.4. The molecule has 0 aromatic carbocycles. The summed E-state index contributed by atoms with van der Waals surface area (Å²) < 4.78 is 6.16. The van der Waals surface area contributed by atoms with Crippen LogP contribution in [-0.2, 0) is 30.5 Å². The zero-order valence-electron chi connectivity index (χ0n) is 34.9. The molecule has 10 heteroatoms. The normalized spacial score (nSPS) is 36.0. The lowest BCUT2D eigenvalue weighted by Crippen LogP contribution is -2.66. The second-order valence-corrected chi connectivity index (χ2v) is 20.4. The van der Waals surface area contributed by atoms with Crippen LogP contribution in [0.5, 0.6) is 0 Å². The van der Waals surface area contributed by atoms with E-state index in [1.165, 1.54) is 5.57 Å². The molecule has 1 heterocycles. The van der Waals surface area contributed by atoms with Crippen LogP contribution in [0, 0.1) is 56.2 Å². The van der Waals surface area contributed by atoms with Gasteiger partial charge in [0.25, 0.3) is 0 Å². The van der Waals surface area contributed by atoms with E-state index in [-0.39, 0.29) is 77.2 Å². The van der Waals surface area contributed by atoms with Crippen LogP contribution in [0.4, 0.5) is 0 Å². The number of aliphatic carboxylic acids is 1. The maximum absolute atomic E-state index is 14.2. The number of esters is 1. The van der Waals surface area contributed by atoms with Gasteiger partial charge in [-0.2, -0.15) is 0 Å². The lowest BCUT2D eigenvalue weighted by Gasteiger charge is -2.72. The summed E-state index contributed by atoms with van der Waals surface area (Å²) in [5, 5.41) is 22.1. The molecule has 1 amide bonds. The van der Waals surface area contributed by atoms with Crippen molar-refractivity contribution < 1.29 is 34.1 Å². The number of nitrogens with two attached hydrogens (primary N) is 1. The number of aromatic nitrogens is 1. The highest BCUT2D eigenvalue weighted by Crippen LogP contribution is 2.77. The summed E-state index contributed by atoms with van der Waals surface area (Å²) in [6.07, 6.45) is 9.60. The molecule has 4 N–H and O–H groups in total. The van der Waals surface area contributed by atoms with Crippen molar-refractivity contribution in [3.05, 3.63) is 41.2 Å². The van der Waals surface area contributed by atoms with Gasteiger partial charge in [0, 0.05) is 42.7 Å². The predicted octanol–water partition coefficient (Wildman–Crippen LogP) is 7.12. The van der Waals surface area contributed by atoms with Crippen molar-refractivity contribution in [2.24, 2.45) is 61.9 Å². The van der Waals surface area contributed by atoms with E-state index in [2.05, 4.69) is 53.5 Å². The Morgan fingerprint density at radius 1 is 1.00 bits per heavy atom. The first-order chi connectivity index (χ1) is 25.6. The SMILES string of the molecule is CC(C)C1=C2[C@H]3CC[C@@H]4[C@@]5(C)CC[C@@H](OC(=O)CC(C)(C)C(=O)O)C(C)(C)[C@@H]5CC[C@@]4(C)[C@]3(C)CC[C@@]2([C@@H](O)CN(Cc2cccnc2)C(=O)CN)CC1=O. The standard InChI is InChI=1S/C45H67N3O7/c1-27(2)37-30(49)21-45(33(50)26-48(35(51)23-46)25-28-11-10-20-47-24-28)19-18-43(8)29(38(37)45)12-13-32-42(7)16-15-34(55-36(52)22-40(3,4)39(53)54)41(5,6)31(42)14-17-44(32,43)9/h10-11,20,24,27,29,31-34,50H,12-19,21-23,25-26,46H2,1-9H3,(H,53,54)/t29-,31+,32-,33+,34-,42+,43-,44-,45+/m1/s1. The summed E-state index contributed by atoms with van der Waals surface area (Å²) in [4.78, 5) is 58.2. The van der Waals surface area contributed by atoms with Gasteiger partial charge in [0.05, 0.1) is 24.5 Å². The Kier molecular flexibility index (Phi) is 10.8. The quantitative estimate of drug-likeness (QED) is 0.200. The number of amides is 1. The summed E-state index contributed by atoms with van der Waals surface area (Å²) >= 11 is 0. The number of carboxylic acids is 1. The highest BCUT2D eigenvalue weighted by Gasteiger charge is 2.71. The Balaban J connectivity index is 1.30. The molecule has 9 atom stereocenters. The molecule has 6 rings (SSSR count). The fourth-order valence-electron chi connectivity index (χ4n) is 13.4. The highest BCUT2D eigenvalue weighted by atomic mass is 16.5. The summed E-state index contributed by atoms with van der Waals surface area (Å²) in [7, 11) is 0. The minimum atomic E-state index is -1.19. The van der Waals surface area contributed by atoms with Crippen molar-refractivity contribution in [3.63, 3.8) is 0 Å².